The Morgan fingerprint density at radius 1 is 1.50 bits per heavy atom. The molecule has 0 heterocycles. The molecule has 0 bridgehead atoms. The molecular formula is C8H9ClN2O. The molecule has 0 atom stereocenters. The number of rotatable bonds is 2. The van der Waals surface area contributed by atoms with Crippen molar-refractivity contribution >= 4 is 23.1 Å². The van der Waals surface area contributed by atoms with Gasteiger partial charge in [0.1, 0.15) is 0 Å². The Hall–Kier alpha value is -1.06. The molecule has 0 radical (unpaired) electrons. The molecule has 1 rings (SSSR count). The first-order valence-corrected chi connectivity index (χ1v) is 3.81. The van der Waals surface area contributed by atoms with E-state index in [4.69, 9.17) is 23.1 Å². The first-order chi connectivity index (χ1) is 5.65. The Kier molecular flexibility index (Phi) is 2.68. The maximum absolute atomic E-state index is 11.1. The second kappa shape index (κ2) is 3.56. The maximum Gasteiger partial charge on any atom is 0.177 e. The molecule has 64 valence electrons. The van der Waals surface area contributed by atoms with Crippen LogP contribution in [0, 0.1) is 0 Å². The number of Topliss-reactive ketones (excluding diaryl/α,β-unsaturated/α-hetero) is 1. The molecule has 0 saturated carbocycles. The van der Waals surface area contributed by atoms with E-state index in [0.29, 0.717) is 16.3 Å². The summed E-state index contributed by atoms with van der Waals surface area (Å²) < 4.78 is 0. The van der Waals surface area contributed by atoms with Crippen LogP contribution in [0.3, 0.4) is 0 Å². The van der Waals surface area contributed by atoms with Gasteiger partial charge < -0.3 is 11.5 Å². The van der Waals surface area contributed by atoms with Crippen LogP contribution in [0.4, 0.5) is 5.69 Å². The third kappa shape index (κ3) is 1.75. The number of hydrogen-bond donors (Lipinski definition) is 2. The van der Waals surface area contributed by atoms with Crippen LogP contribution in [0.1, 0.15) is 10.4 Å². The molecular weight excluding hydrogens is 176 g/mol. The second-order valence-corrected chi connectivity index (χ2v) is 2.77. The van der Waals surface area contributed by atoms with Gasteiger partial charge >= 0.3 is 0 Å². The number of nitrogen functional groups attached to an aromatic ring is 1. The molecule has 0 aliphatic carbocycles. The van der Waals surface area contributed by atoms with Gasteiger partial charge in [-0.1, -0.05) is 11.6 Å². The summed E-state index contributed by atoms with van der Waals surface area (Å²) in [6, 6.07) is 4.74. The minimum Gasteiger partial charge on any atom is -0.399 e. The van der Waals surface area contributed by atoms with Crippen LogP contribution in [0.5, 0.6) is 0 Å². The minimum absolute atomic E-state index is 0.0524. The van der Waals surface area contributed by atoms with Crippen molar-refractivity contribution in [1.82, 2.24) is 0 Å². The van der Waals surface area contributed by atoms with Crippen LogP contribution >= 0.6 is 11.6 Å². The molecule has 0 fully saturated rings. The Morgan fingerprint density at radius 2 is 2.17 bits per heavy atom. The third-order valence-electron chi connectivity index (χ3n) is 1.48. The third-order valence-corrected chi connectivity index (χ3v) is 1.81. The number of benzene rings is 1. The lowest BCUT2D eigenvalue weighted by Gasteiger charge is -2.01. The van der Waals surface area contributed by atoms with Crippen molar-refractivity contribution in [3.05, 3.63) is 28.8 Å². The van der Waals surface area contributed by atoms with Crippen molar-refractivity contribution in [2.45, 2.75) is 0 Å². The number of hydrogen-bond acceptors (Lipinski definition) is 3. The van der Waals surface area contributed by atoms with Gasteiger partial charge in [0.25, 0.3) is 0 Å². The summed E-state index contributed by atoms with van der Waals surface area (Å²) >= 11 is 5.74. The fourth-order valence-electron chi connectivity index (χ4n) is 0.867. The fraction of sp³-hybridized carbons (Fsp3) is 0.125. The quantitative estimate of drug-likeness (QED) is 0.534. The van der Waals surface area contributed by atoms with E-state index in [1.54, 1.807) is 12.1 Å². The van der Waals surface area contributed by atoms with Crippen LogP contribution in [0.2, 0.25) is 5.02 Å². The van der Waals surface area contributed by atoms with E-state index in [1.165, 1.54) is 6.07 Å². The molecule has 1 aromatic rings. The van der Waals surface area contributed by atoms with E-state index in [2.05, 4.69) is 0 Å². The van der Waals surface area contributed by atoms with Crippen molar-refractivity contribution in [3.63, 3.8) is 0 Å². The molecule has 0 amide bonds. The Labute approximate surface area is 75.3 Å². The Morgan fingerprint density at radius 3 is 2.75 bits per heavy atom. The molecule has 0 unspecified atom stereocenters. The topological polar surface area (TPSA) is 69.1 Å². The second-order valence-electron chi connectivity index (χ2n) is 2.37. The smallest absolute Gasteiger partial charge is 0.177 e. The van der Waals surface area contributed by atoms with Gasteiger partial charge in [0, 0.05) is 11.3 Å². The minimum atomic E-state index is -0.202. The van der Waals surface area contributed by atoms with Crippen molar-refractivity contribution in [1.29, 1.82) is 0 Å². The molecule has 0 spiro atoms. The van der Waals surface area contributed by atoms with Gasteiger partial charge in [0.05, 0.1) is 11.6 Å². The summed E-state index contributed by atoms with van der Waals surface area (Å²) in [6.45, 7) is -0.0524. The lowest BCUT2D eigenvalue weighted by atomic mass is 10.1. The summed E-state index contributed by atoms with van der Waals surface area (Å²) in [5.74, 6) is -0.202. The highest BCUT2D eigenvalue weighted by Gasteiger charge is 2.07. The van der Waals surface area contributed by atoms with Gasteiger partial charge in [-0.3, -0.25) is 4.79 Å². The van der Waals surface area contributed by atoms with Gasteiger partial charge in [0.2, 0.25) is 0 Å². The number of ketones is 1. The highest BCUT2D eigenvalue weighted by Crippen LogP contribution is 2.18. The van der Waals surface area contributed by atoms with E-state index in [0.717, 1.165) is 0 Å². The van der Waals surface area contributed by atoms with E-state index < -0.39 is 0 Å². The lowest BCUT2D eigenvalue weighted by molar-refractivity contribution is 0.100. The average molecular weight is 185 g/mol. The molecule has 12 heavy (non-hydrogen) atoms. The number of nitrogens with two attached hydrogens (primary N) is 2. The van der Waals surface area contributed by atoms with Crippen LogP contribution < -0.4 is 11.5 Å². The van der Waals surface area contributed by atoms with E-state index in [1.807, 2.05) is 0 Å². The Balaban J connectivity index is 3.13. The van der Waals surface area contributed by atoms with Crippen molar-refractivity contribution < 1.29 is 4.79 Å². The van der Waals surface area contributed by atoms with Crippen molar-refractivity contribution in [3.8, 4) is 0 Å². The molecule has 4 N–H and O–H groups in total. The van der Waals surface area contributed by atoms with Gasteiger partial charge in [0.15, 0.2) is 5.78 Å². The molecule has 4 heteroatoms. The lowest BCUT2D eigenvalue weighted by Crippen LogP contribution is -2.14. The summed E-state index contributed by atoms with van der Waals surface area (Å²) in [5.41, 5.74) is 11.5. The fourth-order valence-corrected chi connectivity index (χ4v) is 1.09. The zero-order valence-corrected chi connectivity index (χ0v) is 7.14. The maximum atomic E-state index is 11.1. The molecule has 1 aromatic carbocycles. The Bertz CT molecular complexity index is 312. The molecule has 0 aliphatic heterocycles. The number of anilines is 1. The van der Waals surface area contributed by atoms with Gasteiger partial charge in [-0.05, 0) is 18.2 Å². The van der Waals surface area contributed by atoms with Gasteiger partial charge in [-0.25, -0.2) is 0 Å². The summed E-state index contributed by atoms with van der Waals surface area (Å²) in [4.78, 5) is 11.1. The predicted molar refractivity (Wildman–Crippen MR) is 49.2 cm³/mol. The first-order valence-electron chi connectivity index (χ1n) is 3.43. The zero-order chi connectivity index (χ0) is 9.14. The number of carbonyl (C=O) groups excluding carboxylic acids is 1. The SMILES string of the molecule is NCC(=O)c1cc(N)ccc1Cl. The van der Waals surface area contributed by atoms with Crippen LogP contribution in [-0.2, 0) is 0 Å². The van der Waals surface area contributed by atoms with E-state index in [9.17, 15) is 4.79 Å². The summed E-state index contributed by atoms with van der Waals surface area (Å²) in [5, 5.41) is 0.389. The van der Waals surface area contributed by atoms with Gasteiger partial charge in [-0.15, -0.1) is 0 Å². The van der Waals surface area contributed by atoms with Crippen molar-refractivity contribution in [2.24, 2.45) is 5.73 Å². The van der Waals surface area contributed by atoms with Crippen LogP contribution in [-0.4, -0.2) is 12.3 Å². The zero-order valence-electron chi connectivity index (χ0n) is 6.38. The average Bonchev–Trinajstić information content (AvgIpc) is 2.08. The molecule has 3 nitrogen and oxygen atoms in total. The van der Waals surface area contributed by atoms with Gasteiger partial charge in [-0.2, -0.15) is 0 Å². The summed E-state index contributed by atoms with van der Waals surface area (Å²) in [7, 11) is 0. The molecule has 0 saturated heterocycles. The van der Waals surface area contributed by atoms with E-state index in [-0.39, 0.29) is 12.3 Å². The molecule has 0 aromatic heterocycles. The van der Waals surface area contributed by atoms with Crippen molar-refractivity contribution in [2.75, 3.05) is 12.3 Å². The molecule has 0 aliphatic rings. The standard InChI is InChI=1S/C8H9ClN2O/c9-7-2-1-5(11)3-6(7)8(12)4-10/h1-3H,4,10-11H2. The normalized spacial score (nSPS) is 9.83. The highest BCUT2D eigenvalue weighted by molar-refractivity contribution is 6.34. The monoisotopic (exact) mass is 184 g/mol. The van der Waals surface area contributed by atoms with E-state index >= 15 is 0 Å². The predicted octanol–water partition coefficient (Wildman–Crippen LogP) is 1.06. The summed E-state index contributed by atoms with van der Waals surface area (Å²) in [6.07, 6.45) is 0. The largest absolute Gasteiger partial charge is 0.399 e. The van der Waals surface area contributed by atoms with Crippen LogP contribution in [0.25, 0.3) is 0 Å². The first kappa shape index (κ1) is 9.03. The van der Waals surface area contributed by atoms with Crippen LogP contribution in [0.15, 0.2) is 18.2 Å². The number of carbonyl (C=O) groups is 1. The number of halogens is 1. The highest BCUT2D eigenvalue weighted by atomic mass is 35.5.